The number of esters is 1. The van der Waals surface area contributed by atoms with E-state index >= 15 is 0 Å². The average Bonchev–Trinajstić information content (AvgIpc) is 3.71. The monoisotopic (exact) mass is 888 g/mol. The Morgan fingerprint density at radius 2 is 1.59 bits per heavy atom. The van der Waals surface area contributed by atoms with Crippen molar-refractivity contribution < 1.29 is 23.9 Å². The van der Waals surface area contributed by atoms with Crippen LogP contribution in [0.2, 0.25) is 5.02 Å². The van der Waals surface area contributed by atoms with Crippen molar-refractivity contribution in [3.8, 4) is 11.3 Å². The number of aryl methyl sites for hydroxylation is 1. The van der Waals surface area contributed by atoms with Crippen LogP contribution < -0.4 is 4.90 Å². The number of carbonyl (C=O) groups is 4. The van der Waals surface area contributed by atoms with Gasteiger partial charge in [0.25, 0.3) is 0 Å². The van der Waals surface area contributed by atoms with E-state index in [9.17, 15) is 19.2 Å². The van der Waals surface area contributed by atoms with Gasteiger partial charge in [-0.25, -0.2) is 9.78 Å². The summed E-state index contributed by atoms with van der Waals surface area (Å²) in [5.41, 5.74) is 3.82. The van der Waals surface area contributed by atoms with Crippen molar-refractivity contribution in [2.45, 2.75) is 41.9 Å². The maximum absolute atomic E-state index is 14.0. The minimum Gasteiger partial charge on any atom is -0.450 e. The normalized spacial score (nSPS) is 24.8. The Bertz CT molecular complexity index is 1980. The zero-order valence-electron chi connectivity index (χ0n) is 26.0. The third-order valence-corrected chi connectivity index (χ3v) is 14.1. The van der Waals surface area contributed by atoms with Crippen molar-refractivity contribution in [1.82, 2.24) is 4.98 Å². The van der Waals surface area contributed by atoms with Crippen molar-refractivity contribution in [1.29, 1.82) is 0 Å². The van der Waals surface area contributed by atoms with Crippen LogP contribution in [0.25, 0.3) is 22.2 Å². The van der Waals surface area contributed by atoms with Crippen LogP contribution in [0, 0.1) is 23.7 Å². The van der Waals surface area contributed by atoms with Crippen LogP contribution >= 0.6 is 71.0 Å². The van der Waals surface area contributed by atoms with E-state index in [-0.39, 0.29) is 68.8 Å². The van der Waals surface area contributed by atoms with Crippen molar-refractivity contribution in [3.05, 3.63) is 92.9 Å². The molecule has 4 aromatic rings. The van der Waals surface area contributed by atoms with Gasteiger partial charge in [-0.15, -0.1) is 11.6 Å². The van der Waals surface area contributed by atoms with E-state index in [0.29, 0.717) is 44.9 Å². The van der Waals surface area contributed by atoms with Crippen molar-refractivity contribution in [3.63, 3.8) is 0 Å². The molecular weight excluding hydrogens is 863 g/mol. The Morgan fingerprint density at radius 1 is 0.959 bits per heavy atom. The van der Waals surface area contributed by atoms with Crippen molar-refractivity contribution in [2.75, 3.05) is 10.8 Å². The van der Waals surface area contributed by atoms with Gasteiger partial charge >= 0.3 is 5.97 Å². The van der Waals surface area contributed by atoms with Gasteiger partial charge in [-0.2, -0.15) is 0 Å². The number of nitrogens with zero attached hydrogens (tertiary/aromatic N) is 2. The summed E-state index contributed by atoms with van der Waals surface area (Å²) >= 11 is 23.1. The molecule has 7 nitrogen and oxygen atoms in total. The number of hydrogen-bond acceptors (Lipinski definition) is 6. The van der Waals surface area contributed by atoms with Crippen LogP contribution in [0.15, 0.2) is 71.2 Å². The average molecular weight is 892 g/mol. The Kier molecular flexibility index (Phi) is 9.82. The standard InChI is InChI=1S/C37H29Br3Cl2N2O5/c1-2-17-13-20(38)14-23-24(37(48)49-28(11-12-41)34(45)19-3-7-21(42)8-4-19)16-27(43-33(17)23)18-5-9-22(10-6-18)44-35(46)29-25-15-26(30(29)36(44)47)32(40)31(25)39/h3-10,13-14,16,25-26,28-32H,2,11-12,15H2,1H3. The topological polar surface area (TPSA) is 93.6 Å². The molecule has 2 saturated carbocycles. The number of alkyl halides is 3. The molecule has 12 heteroatoms. The lowest BCUT2D eigenvalue weighted by molar-refractivity contribution is -0.123. The molecule has 1 saturated heterocycles. The molecule has 3 aromatic carbocycles. The molecule has 2 aliphatic carbocycles. The van der Waals surface area contributed by atoms with Gasteiger partial charge in [0, 0.05) is 48.0 Å². The predicted molar refractivity (Wildman–Crippen MR) is 201 cm³/mol. The van der Waals surface area contributed by atoms with Gasteiger partial charge in [-0.05, 0) is 84.8 Å². The second-order valence-electron chi connectivity index (χ2n) is 12.7. The quantitative estimate of drug-likeness (QED) is 0.0721. The van der Waals surface area contributed by atoms with Gasteiger partial charge < -0.3 is 4.74 Å². The third kappa shape index (κ3) is 6.09. The molecular formula is C37H29Br3Cl2N2O5. The van der Waals surface area contributed by atoms with Gasteiger partial charge in [0.1, 0.15) is 0 Å². The van der Waals surface area contributed by atoms with Crippen molar-refractivity contribution in [2.24, 2.45) is 23.7 Å². The molecule has 7 unspecified atom stereocenters. The molecule has 2 heterocycles. The Morgan fingerprint density at radius 3 is 2.18 bits per heavy atom. The van der Waals surface area contributed by atoms with Crippen LogP contribution in [0.3, 0.4) is 0 Å². The summed E-state index contributed by atoms with van der Waals surface area (Å²) in [7, 11) is 0. The highest BCUT2D eigenvalue weighted by atomic mass is 79.9. The van der Waals surface area contributed by atoms with Crippen LogP contribution in [-0.4, -0.2) is 50.2 Å². The molecule has 2 amide bonds. The SMILES string of the molecule is CCc1cc(Br)cc2c(C(=O)OC(CCCl)C(=O)c3ccc(Cl)cc3)cc(-c3ccc(N4C(=O)C5C6CC(C(Br)C6Br)C5C4=O)cc3)nc12. The van der Waals surface area contributed by atoms with E-state index in [2.05, 4.69) is 47.8 Å². The largest absolute Gasteiger partial charge is 0.450 e. The smallest absolute Gasteiger partial charge is 0.339 e. The number of hydrogen-bond donors (Lipinski definition) is 0. The molecule has 7 atom stereocenters. The first-order valence-corrected chi connectivity index (χ1v) is 19.5. The zero-order valence-corrected chi connectivity index (χ0v) is 32.3. The lowest BCUT2D eigenvalue weighted by atomic mass is 9.81. The summed E-state index contributed by atoms with van der Waals surface area (Å²) < 4.78 is 6.66. The molecule has 3 aliphatic rings. The maximum atomic E-state index is 14.0. The fraction of sp³-hybridized carbons (Fsp3) is 0.324. The van der Waals surface area contributed by atoms with Crippen LogP contribution in [0.1, 0.15) is 46.0 Å². The van der Waals surface area contributed by atoms with Crippen LogP contribution in [0.4, 0.5) is 5.69 Å². The minimum atomic E-state index is -1.11. The molecule has 49 heavy (non-hydrogen) atoms. The number of ketones is 1. The van der Waals surface area contributed by atoms with E-state index in [0.717, 1.165) is 16.5 Å². The summed E-state index contributed by atoms with van der Waals surface area (Å²) in [6.07, 6.45) is 0.527. The van der Waals surface area contributed by atoms with Gasteiger partial charge in [0.05, 0.1) is 34.3 Å². The predicted octanol–water partition coefficient (Wildman–Crippen LogP) is 9.20. The first kappa shape index (κ1) is 34.8. The van der Waals surface area contributed by atoms with E-state index < -0.39 is 12.1 Å². The second kappa shape index (κ2) is 13.8. The van der Waals surface area contributed by atoms with Gasteiger partial charge in [-0.1, -0.05) is 78.4 Å². The number of ether oxygens (including phenoxy) is 1. The number of imide groups is 1. The minimum absolute atomic E-state index is 0.107. The first-order valence-electron chi connectivity index (χ1n) is 16.0. The van der Waals surface area contributed by atoms with Gasteiger partial charge in [0.15, 0.2) is 6.10 Å². The number of anilines is 1. The van der Waals surface area contributed by atoms with E-state index in [1.807, 2.05) is 19.1 Å². The van der Waals surface area contributed by atoms with E-state index in [4.69, 9.17) is 32.9 Å². The third-order valence-electron chi connectivity index (χ3n) is 10.0. The summed E-state index contributed by atoms with van der Waals surface area (Å²) in [6, 6.07) is 18.9. The van der Waals surface area contributed by atoms with Crippen LogP contribution in [-0.2, 0) is 20.7 Å². The highest BCUT2D eigenvalue weighted by Crippen LogP contribution is 2.60. The first-order chi connectivity index (χ1) is 23.5. The number of fused-ring (bicyclic) bond motifs is 6. The van der Waals surface area contributed by atoms with Gasteiger partial charge in [-0.3, -0.25) is 19.3 Å². The molecule has 0 spiro atoms. The number of carbonyl (C=O) groups excluding carboxylic acids is 4. The Hall–Kier alpha value is -2.63. The summed E-state index contributed by atoms with van der Waals surface area (Å²) in [6.45, 7) is 2.00. The maximum Gasteiger partial charge on any atom is 0.339 e. The van der Waals surface area contributed by atoms with E-state index in [1.165, 1.54) is 4.90 Å². The number of amides is 2. The van der Waals surface area contributed by atoms with Gasteiger partial charge in [0.2, 0.25) is 17.6 Å². The molecule has 2 bridgehead atoms. The molecule has 3 fully saturated rings. The molecule has 1 aliphatic heterocycles. The number of halogens is 5. The molecule has 252 valence electrons. The lowest BCUT2D eigenvalue weighted by Crippen LogP contribution is -2.37. The highest BCUT2D eigenvalue weighted by molar-refractivity contribution is 9.12. The van der Waals surface area contributed by atoms with Crippen LogP contribution in [0.5, 0.6) is 0 Å². The summed E-state index contributed by atoms with van der Waals surface area (Å²) in [5, 5.41) is 1.06. The Labute approximate surface area is 318 Å². The molecule has 7 rings (SSSR count). The molecule has 0 N–H and O–H groups in total. The number of Topliss-reactive ketones (excluding diaryl/α,β-unsaturated/α-hetero) is 1. The number of benzene rings is 3. The lowest BCUT2D eigenvalue weighted by Gasteiger charge is -2.28. The molecule has 0 radical (unpaired) electrons. The fourth-order valence-corrected chi connectivity index (χ4v) is 10.4. The number of aromatic nitrogens is 1. The fourth-order valence-electron chi connectivity index (χ4n) is 7.67. The molecule has 1 aromatic heterocycles. The highest BCUT2D eigenvalue weighted by Gasteiger charge is 2.66. The van der Waals surface area contributed by atoms with E-state index in [1.54, 1.807) is 54.6 Å². The zero-order chi connectivity index (χ0) is 34.7. The summed E-state index contributed by atoms with van der Waals surface area (Å²) in [5.74, 6) is -1.63. The second-order valence-corrected chi connectivity index (χ2v) is 16.5. The Balaban J connectivity index is 1.22. The number of rotatable bonds is 9. The number of pyridine rings is 1. The van der Waals surface area contributed by atoms with Crippen molar-refractivity contribution >= 4 is 111 Å². The summed E-state index contributed by atoms with van der Waals surface area (Å²) in [4.78, 5) is 61.2.